The molecule has 2 aromatic carbocycles. The molecule has 0 saturated heterocycles. The number of non-ortho nitro benzene ring substituents is 1. The molecule has 7 atom stereocenters. The molecule has 4 aliphatic carbocycles. The van der Waals surface area contributed by atoms with Gasteiger partial charge in [0.25, 0.3) is 5.69 Å². The molecule has 40 heavy (non-hydrogen) atoms. The molecule has 0 aliphatic heterocycles. The average molecular weight is 544 g/mol. The molecule has 0 unspecified atom stereocenters. The van der Waals surface area contributed by atoms with Crippen molar-refractivity contribution in [2.75, 3.05) is 5.43 Å². The molecule has 0 spiro atoms. The monoisotopic (exact) mass is 543 g/mol. The van der Waals surface area contributed by atoms with Crippen LogP contribution in [-0.2, 0) is 16.0 Å². The van der Waals surface area contributed by atoms with E-state index in [1.807, 2.05) is 30.3 Å². The van der Waals surface area contributed by atoms with Crippen LogP contribution in [0, 0.1) is 44.6 Å². The van der Waals surface area contributed by atoms with Crippen LogP contribution in [0.15, 0.2) is 59.7 Å². The third-order valence-corrected chi connectivity index (χ3v) is 11.2. The van der Waals surface area contributed by atoms with Gasteiger partial charge >= 0.3 is 5.97 Å². The van der Waals surface area contributed by atoms with Crippen LogP contribution in [0.25, 0.3) is 0 Å². The predicted molar refractivity (Wildman–Crippen MR) is 156 cm³/mol. The number of ether oxygens (including phenoxy) is 1. The summed E-state index contributed by atoms with van der Waals surface area (Å²) < 4.78 is 6.01. The van der Waals surface area contributed by atoms with Crippen LogP contribution < -0.4 is 5.43 Å². The highest BCUT2D eigenvalue weighted by atomic mass is 16.6. The largest absolute Gasteiger partial charge is 0.462 e. The molecule has 7 heteroatoms. The van der Waals surface area contributed by atoms with Crippen LogP contribution in [0.2, 0.25) is 0 Å². The average Bonchev–Trinajstić information content (AvgIpc) is 3.29. The first-order valence-electron chi connectivity index (χ1n) is 15.1. The van der Waals surface area contributed by atoms with Crippen molar-refractivity contribution in [3.63, 3.8) is 0 Å². The van der Waals surface area contributed by atoms with Gasteiger partial charge in [-0.2, -0.15) is 5.10 Å². The van der Waals surface area contributed by atoms with E-state index in [1.54, 1.807) is 12.1 Å². The van der Waals surface area contributed by atoms with Crippen molar-refractivity contribution >= 4 is 23.1 Å². The summed E-state index contributed by atoms with van der Waals surface area (Å²) in [5, 5.41) is 15.8. The molecule has 1 N–H and O–H groups in total. The molecule has 0 amide bonds. The molecule has 2 aromatic rings. The van der Waals surface area contributed by atoms with Gasteiger partial charge in [0, 0.05) is 23.3 Å². The second kappa shape index (κ2) is 10.6. The van der Waals surface area contributed by atoms with Crippen molar-refractivity contribution < 1.29 is 14.5 Å². The highest BCUT2D eigenvalue weighted by Crippen LogP contribution is 2.65. The Morgan fingerprint density at radius 2 is 1.77 bits per heavy atom. The smallest absolute Gasteiger partial charge is 0.310 e. The van der Waals surface area contributed by atoms with Gasteiger partial charge in [0.1, 0.15) is 6.10 Å². The molecule has 0 aromatic heterocycles. The Hall–Kier alpha value is -3.22. The third-order valence-electron chi connectivity index (χ3n) is 11.2. The van der Waals surface area contributed by atoms with Crippen LogP contribution >= 0.6 is 0 Å². The minimum Gasteiger partial charge on any atom is -0.462 e. The lowest BCUT2D eigenvalue weighted by Crippen LogP contribution is -2.54. The first kappa shape index (κ1) is 27.0. The topological polar surface area (TPSA) is 93.8 Å². The summed E-state index contributed by atoms with van der Waals surface area (Å²) >= 11 is 0. The molecule has 7 nitrogen and oxygen atoms in total. The Bertz CT molecular complexity index is 1280. The summed E-state index contributed by atoms with van der Waals surface area (Å²) in [5.74, 6) is 2.64. The summed E-state index contributed by atoms with van der Waals surface area (Å²) in [4.78, 5) is 23.2. The van der Waals surface area contributed by atoms with E-state index in [0.29, 0.717) is 23.7 Å². The van der Waals surface area contributed by atoms with Gasteiger partial charge < -0.3 is 4.74 Å². The molecule has 212 valence electrons. The van der Waals surface area contributed by atoms with Crippen LogP contribution in [0.5, 0.6) is 0 Å². The quantitative estimate of drug-likeness (QED) is 0.230. The van der Waals surface area contributed by atoms with Crippen LogP contribution in [0.1, 0.15) is 77.2 Å². The number of carbonyl (C=O) groups is 1. The van der Waals surface area contributed by atoms with Gasteiger partial charge in [-0.1, -0.05) is 44.2 Å². The zero-order chi connectivity index (χ0) is 27.9. The van der Waals surface area contributed by atoms with Crippen molar-refractivity contribution in [1.29, 1.82) is 0 Å². The van der Waals surface area contributed by atoms with Gasteiger partial charge in [0.15, 0.2) is 0 Å². The number of hydrogen-bond acceptors (Lipinski definition) is 6. The molecular weight excluding hydrogens is 502 g/mol. The minimum atomic E-state index is -0.378. The van der Waals surface area contributed by atoms with Crippen molar-refractivity contribution in [3.05, 3.63) is 70.3 Å². The van der Waals surface area contributed by atoms with Gasteiger partial charge in [-0.15, -0.1) is 0 Å². The Morgan fingerprint density at radius 3 is 2.52 bits per heavy atom. The zero-order valence-electron chi connectivity index (χ0n) is 23.7. The second-order valence-corrected chi connectivity index (χ2v) is 13.2. The number of nitrogens with one attached hydrogen (secondary N) is 1. The van der Waals surface area contributed by atoms with Crippen molar-refractivity contribution in [3.8, 4) is 0 Å². The van der Waals surface area contributed by atoms with E-state index < -0.39 is 0 Å². The Morgan fingerprint density at radius 1 is 1.00 bits per heavy atom. The summed E-state index contributed by atoms with van der Waals surface area (Å²) in [5.41, 5.74) is 6.78. The van der Waals surface area contributed by atoms with E-state index in [9.17, 15) is 14.9 Å². The number of nitro groups is 1. The normalized spacial score (nSPS) is 35.8. The first-order chi connectivity index (χ1) is 19.3. The van der Waals surface area contributed by atoms with Crippen molar-refractivity contribution in [2.24, 2.45) is 39.6 Å². The number of hydrazone groups is 1. The van der Waals surface area contributed by atoms with Crippen LogP contribution in [0.3, 0.4) is 0 Å². The number of esters is 1. The van der Waals surface area contributed by atoms with Gasteiger partial charge in [0.2, 0.25) is 0 Å². The van der Waals surface area contributed by atoms with Gasteiger partial charge in [-0.25, -0.2) is 0 Å². The van der Waals surface area contributed by atoms with E-state index in [-0.39, 0.29) is 28.1 Å². The predicted octanol–water partition coefficient (Wildman–Crippen LogP) is 7.56. The highest BCUT2D eigenvalue weighted by molar-refractivity contribution is 5.93. The summed E-state index contributed by atoms with van der Waals surface area (Å²) in [6.07, 6.45) is 10.6. The maximum Gasteiger partial charge on any atom is 0.310 e. The van der Waals surface area contributed by atoms with Crippen LogP contribution in [0.4, 0.5) is 11.4 Å². The van der Waals surface area contributed by atoms with E-state index in [4.69, 9.17) is 9.84 Å². The number of fused-ring (bicyclic) bond motifs is 5. The molecular formula is C33H41N3O4. The minimum absolute atomic E-state index is 0.0513. The summed E-state index contributed by atoms with van der Waals surface area (Å²) in [6, 6.07) is 16.4. The number of benzene rings is 2. The fraction of sp³-hybridized carbons (Fsp3) is 0.576. The van der Waals surface area contributed by atoms with E-state index in [0.717, 1.165) is 55.2 Å². The lowest BCUT2D eigenvalue weighted by Gasteiger charge is -2.60. The molecule has 4 fully saturated rings. The number of rotatable bonds is 6. The maximum absolute atomic E-state index is 12.7. The zero-order valence-corrected chi connectivity index (χ0v) is 23.7. The first-order valence-corrected chi connectivity index (χ1v) is 15.1. The molecule has 0 bridgehead atoms. The van der Waals surface area contributed by atoms with Gasteiger partial charge in [-0.05, 0) is 105 Å². The number of hydrogen-bond donors (Lipinski definition) is 1. The summed E-state index contributed by atoms with van der Waals surface area (Å²) in [7, 11) is 0. The van der Waals surface area contributed by atoms with Gasteiger partial charge in [-0.3, -0.25) is 20.3 Å². The SMILES string of the molecule is C[C@]12CC[C@H](OC(=O)Cc3ccccc3)C[C@@H]1CC[C@@H]1[C@@H]2CC[C@]2(C)C(=NNc3ccc([N+](=O)[O-])cc3)CC[C@@H]12. The Balaban J connectivity index is 1.09. The summed E-state index contributed by atoms with van der Waals surface area (Å²) in [6.45, 7) is 4.97. The lowest BCUT2D eigenvalue weighted by atomic mass is 9.45. The second-order valence-electron chi connectivity index (χ2n) is 13.2. The van der Waals surface area contributed by atoms with E-state index >= 15 is 0 Å². The highest BCUT2D eigenvalue weighted by Gasteiger charge is 2.59. The molecule has 6 rings (SSSR count). The van der Waals surface area contributed by atoms with Crippen molar-refractivity contribution in [1.82, 2.24) is 0 Å². The maximum atomic E-state index is 12.7. The Kier molecular flexibility index (Phi) is 7.18. The fourth-order valence-corrected chi connectivity index (χ4v) is 9.08. The van der Waals surface area contributed by atoms with Crippen molar-refractivity contribution in [2.45, 2.75) is 84.2 Å². The fourth-order valence-electron chi connectivity index (χ4n) is 9.08. The number of nitro benzene ring substituents is 1. The molecule has 0 radical (unpaired) electrons. The number of anilines is 1. The molecule has 0 heterocycles. The number of carbonyl (C=O) groups excluding carboxylic acids is 1. The molecule has 4 saturated carbocycles. The molecule has 4 aliphatic rings. The third kappa shape index (κ3) is 4.92. The standard InChI is InChI=1S/C33H41N3O4/c1-32-18-16-26(40-31(37)20-22-6-4-3-5-7-22)21-23(32)8-13-27-28-14-15-30(33(28,2)19-17-29(27)32)35-34-24-9-11-25(12-10-24)36(38)39/h3-7,9-12,23,26-29,34H,8,13-21H2,1-2H3/t23-,26-,27-,28-,29-,32-,33-/m0/s1. The van der Waals surface area contributed by atoms with Crippen LogP contribution in [-0.4, -0.2) is 22.7 Å². The van der Waals surface area contributed by atoms with Gasteiger partial charge in [0.05, 0.1) is 17.0 Å². The van der Waals surface area contributed by atoms with E-state index in [2.05, 4.69) is 19.3 Å². The lowest BCUT2D eigenvalue weighted by molar-refractivity contribution is -0.384. The number of nitrogens with zero attached hydrogens (tertiary/aromatic N) is 2. The Labute approximate surface area is 236 Å². The van der Waals surface area contributed by atoms with E-state index in [1.165, 1.54) is 43.5 Å².